The van der Waals surface area contributed by atoms with Crippen LogP contribution in [0.25, 0.3) is 0 Å². The minimum absolute atomic E-state index is 0.220. The molecule has 13 heavy (non-hydrogen) atoms. The van der Waals surface area contributed by atoms with Crippen molar-refractivity contribution in [3.63, 3.8) is 0 Å². The van der Waals surface area contributed by atoms with Gasteiger partial charge in [-0.1, -0.05) is 13.8 Å². The summed E-state index contributed by atoms with van der Waals surface area (Å²) < 4.78 is 0. The lowest BCUT2D eigenvalue weighted by atomic mass is 9.95. The molecule has 0 fully saturated rings. The highest BCUT2D eigenvalue weighted by Gasteiger charge is 2.19. The van der Waals surface area contributed by atoms with Crippen LogP contribution in [0.1, 0.15) is 25.5 Å². The zero-order valence-electron chi connectivity index (χ0n) is 8.01. The summed E-state index contributed by atoms with van der Waals surface area (Å²) in [6.45, 7) is 3.99. The molecule has 0 spiro atoms. The summed E-state index contributed by atoms with van der Waals surface area (Å²) in [6, 6.07) is 3.35. The molecule has 2 atom stereocenters. The van der Waals surface area contributed by atoms with Gasteiger partial charge in [-0.05, 0) is 23.6 Å². The van der Waals surface area contributed by atoms with Crippen molar-refractivity contribution < 1.29 is 5.11 Å². The van der Waals surface area contributed by atoms with E-state index in [-0.39, 0.29) is 12.0 Å². The van der Waals surface area contributed by atoms with Crippen LogP contribution in [0.2, 0.25) is 0 Å². The number of hydrogen-bond acceptors (Lipinski definition) is 3. The molecule has 3 nitrogen and oxygen atoms in total. The van der Waals surface area contributed by atoms with Gasteiger partial charge in [0.15, 0.2) is 0 Å². The molecule has 0 amide bonds. The zero-order chi connectivity index (χ0) is 9.84. The SMILES string of the molecule is CC(C)[C@@H](N)[C@@H](O)c1ccncc1. The summed E-state index contributed by atoms with van der Waals surface area (Å²) in [7, 11) is 0. The summed E-state index contributed by atoms with van der Waals surface area (Å²) in [5, 5.41) is 9.81. The first-order valence-corrected chi connectivity index (χ1v) is 4.46. The van der Waals surface area contributed by atoms with Gasteiger partial charge in [-0.3, -0.25) is 4.98 Å². The Kier molecular flexibility index (Phi) is 3.39. The van der Waals surface area contributed by atoms with Gasteiger partial charge < -0.3 is 10.8 Å². The molecule has 1 rings (SSSR count). The van der Waals surface area contributed by atoms with E-state index >= 15 is 0 Å². The van der Waals surface area contributed by atoms with Crippen molar-refractivity contribution in [2.75, 3.05) is 0 Å². The lowest BCUT2D eigenvalue weighted by Crippen LogP contribution is -2.33. The monoisotopic (exact) mass is 180 g/mol. The van der Waals surface area contributed by atoms with Gasteiger partial charge in [0, 0.05) is 18.4 Å². The summed E-state index contributed by atoms with van der Waals surface area (Å²) >= 11 is 0. The second kappa shape index (κ2) is 4.35. The number of aliphatic hydroxyl groups is 1. The Morgan fingerprint density at radius 2 is 1.85 bits per heavy atom. The summed E-state index contributed by atoms with van der Waals surface area (Å²) in [5.41, 5.74) is 6.65. The van der Waals surface area contributed by atoms with Crippen molar-refractivity contribution in [2.24, 2.45) is 11.7 Å². The number of nitrogens with zero attached hydrogens (tertiary/aromatic N) is 1. The Hall–Kier alpha value is -0.930. The number of nitrogens with two attached hydrogens (primary N) is 1. The smallest absolute Gasteiger partial charge is 0.0944 e. The zero-order valence-corrected chi connectivity index (χ0v) is 8.01. The highest BCUT2D eigenvalue weighted by Crippen LogP contribution is 2.18. The fraction of sp³-hybridized carbons (Fsp3) is 0.500. The summed E-state index contributed by atoms with van der Waals surface area (Å²) in [6.07, 6.45) is 2.72. The summed E-state index contributed by atoms with van der Waals surface area (Å²) in [4.78, 5) is 3.88. The molecule has 0 saturated heterocycles. The number of pyridine rings is 1. The second-order valence-electron chi connectivity index (χ2n) is 3.55. The number of hydrogen-bond donors (Lipinski definition) is 2. The molecule has 1 aromatic heterocycles. The van der Waals surface area contributed by atoms with Gasteiger partial charge in [0.2, 0.25) is 0 Å². The van der Waals surface area contributed by atoms with Crippen LogP contribution in [0, 0.1) is 5.92 Å². The Labute approximate surface area is 78.6 Å². The van der Waals surface area contributed by atoms with Crippen LogP contribution in [-0.2, 0) is 0 Å². The normalized spacial score (nSPS) is 15.8. The molecular weight excluding hydrogens is 164 g/mol. The minimum Gasteiger partial charge on any atom is -0.387 e. The molecule has 0 radical (unpaired) electrons. The molecule has 72 valence electrons. The third-order valence-corrected chi connectivity index (χ3v) is 2.18. The lowest BCUT2D eigenvalue weighted by molar-refractivity contribution is 0.125. The molecule has 0 unspecified atom stereocenters. The van der Waals surface area contributed by atoms with Gasteiger partial charge in [0.1, 0.15) is 0 Å². The van der Waals surface area contributed by atoms with Gasteiger partial charge in [-0.25, -0.2) is 0 Å². The van der Waals surface area contributed by atoms with E-state index in [1.807, 2.05) is 13.8 Å². The largest absolute Gasteiger partial charge is 0.387 e. The van der Waals surface area contributed by atoms with Crippen molar-refractivity contribution in [3.8, 4) is 0 Å². The van der Waals surface area contributed by atoms with Crippen LogP contribution >= 0.6 is 0 Å². The molecule has 0 aliphatic heterocycles. The standard InChI is InChI=1S/C10H16N2O/c1-7(2)9(11)10(13)8-3-5-12-6-4-8/h3-7,9-10,13H,11H2,1-2H3/t9-,10+/m1/s1. The van der Waals surface area contributed by atoms with Crippen molar-refractivity contribution in [2.45, 2.75) is 26.0 Å². The van der Waals surface area contributed by atoms with Crippen LogP contribution in [0.15, 0.2) is 24.5 Å². The first-order valence-electron chi connectivity index (χ1n) is 4.46. The molecule has 1 heterocycles. The van der Waals surface area contributed by atoms with E-state index in [9.17, 15) is 5.11 Å². The van der Waals surface area contributed by atoms with E-state index in [0.29, 0.717) is 0 Å². The average Bonchev–Trinajstić information content (AvgIpc) is 2.17. The van der Waals surface area contributed by atoms with E-state index < -0.39 is 6.10 Å². The first-order chi connectivity index (χ1) is 6.13. The molecule has 0 aliphatic carbocycles. The van der Waals surface area contributed by atoms with E-state index in [1.165, 1.54) is 0 Å². The fourth-order valence-corrected chi connectivity index (χ4v) is 1.15. The Balaban J connectivity index is 2.73. The summed E-state index contributed by atoms with van der Waals surface area (Å²) in [5.74, 6) is 0.267. The quantitative estimate of drug-likeness (QED) is 0.732. The highest BCUT2D eigenvalue weighted by molar-refractivity contribution is 5.14. The first kappa shape index (κ1) is 10.2. The van der Waals surface area contributed by atoms with E-state index in [2.05, 4.69) is 4.98 Å². The van der Waals surface area contributed by atoms with Crippen molar-refractivity contribution in [3.05, 3.63) is 30.1 Å². The average molecular weight is 180 g/mol. The van der Waals surface area contributed by atoms with Crippen molar-refractivity contribution >= 4 is 0 Å². The fourth-order valence-electron chi connectivity index (χ4n) is 1.15. The van der Waals surface area contributed by atoms with E-state index in [1.54, 1.807) is 24.5 Å². The van der Waals surface area contributed by atoms with Gasteiger partial charge in [-0.15, -0.1) is 0 Å². The molecule has 0 aliphatic rings. The maximum absolute atomic E-state index is 9.81. The Morgan fingerprint density at radius 1 is 1.31 bits per heavy atom. The van der Waals surface area contributed by atoms with Crippen molar-refractivity contribution in [1.29, 1.82) is 0 Å². The Bertz CT molecular complexity index is 248. The molecular formula is C10H16N2O. The third kappa shape index (κ3) is 2.50. The second-order valence-corrected chi connectivity index (χ2v) is 3.55. The van der Waals surface area contributed by atoms with Gasteiger partial charge in [0.05, 0.1) is 6.10 Å². The molecule has 0 aromatic carbocycles. The maximum Gasteiger partial charge on any atom is 0.0944 e. The number of aromatic nitrogens is 1. The topological polar surface area (TPSA) is 59.1 Å². The lowest BCUT2D eigenvalue weighted by Gasteiger charge is -2.22. The van der Waals surface area contributed by atoms with Gasteiger partial charge >= 0.3 is 0 Å². The maximum atomic E-state index is 9.81. The molecule has 0 saturated carbocycles. The predicted molar refractivity (Wildman–Crippen MR) is 52.0 cm³/mol. The molecule has 1 aromatic rings. The van der Waals surface area contributed by atoms with Gasteiger partial charge in [-0.2, -0.15) is 0 Å². The van der Waals surface area contributed by atoms with Crippen LogP contribution in [-0.4, -0.2) is 16.1 Å². The number of aliphatic hydroxyl groups excluding tert-OH is 1. The molecule has 0 bridgehead atoms. The molecule has 3 N–H and O–H groups in total. The predicted octanol–water partition coefficient (Wildman–Crippen LogP) is 1.10. The third-order valence-electron chi connectivity index (χ3n) is 2.18. The van der Waals surface area contributed by atoms with Crippen LogP contribution in [0.3, 0.4) is 0 Å². The van der Waals surface area contributed by atoms with E-state index in [0.717, 1.165) is 5.56 Å². The minimum atomic E-state index is -0.594. The van der Waals surface area contributed by atoms with E-state index in [4.69, 9.17) is 5.73 Å². The Morgan fingerprint density at radius 3 is 2.31 bits per heavy atom. The van der Waals surface area contributed by atoms with Crippen LogP contribution in [0.5, 0.6) is 0 Å². The van der Waals surface area contributed by atoms with Crippen LogP contribution < -0.4 is 5.73 Å². The van der Waals surface area contributed by atoms with Gasteiger partial charge in [0.25, 0.3) is 0 Å². The number of rotatable bonds is 3. The highest BCUT2D eigenvalue weighted by atomic mass is 16.3. The van der Waals surface area contributed by atoms with Crippen LogP contribution in [0.4, 0.5) is 0 Å². The molecule has 3 heteroatoms. The van der Waals surface area contributed by atoms with Crippen molar-refractivity contribution in [1.82, 2.24) is 4.98 Å².